The van der Waals surface area contributed by atoms with Crippen molar-refractivity contribution >= 4 is 11.8 Å². The van der Waals surface area contributed by atoms with Crippen molar-refractivity contribution in [2.75, 3.05) is 36.5 Å². The van der Waals surface area contributed by atoms with Crippen LogP contribution in [0, 0.1) is 6.92 Å². The standard InChI is InChI=1S/C19H30N4O2/c1-15-14-17(23-10-8-19(9-11-23)24-12-13-25-19)22-18(20-15)21-16-6-4-2-3-5-7-16/h14,16H,2-13H2,1H3,(H,20,21,22). The van der Waals surface area contributed by atoms with Gasteiger partial charge in [0, 0.05) is 43.7 Å². The molecule has 4 rings (SSSR count). The summed E-state index contributed by atoms with van der Waals surface area (Å²) in [7, 11) is 0. The maximum absolute atomic E-state index is 5.83. The van der Waals surface area contributed by atoms with Crippen LogP contribution < -0.4 is 10.2 Å². The van der Waals surface area contributed by atoms with Gasteiger partial charge in [-0.3, -0.25) is 0 Å². The van der Waals surface area contributed by atoms with E-state index in [0.717, 1.165) is 56.6 Å². The Morgan fingerprint density at radius 2 is 1.72 bits per heavy atom. The number of nitrogens with zero attached hydrogens (tertiary/aromatic N) is 3. The van der Waals surface area contributed by atoms with E-state index >= 15 is 0 Å². The zero-order valence-electron chi connectivity index (χ0n) is 15.3. The highest BCUT2D eigenvalue weighted by atomic mass is 16.7. The third-order valence-corrected chi connectivity index (χ3v) is 5.69. The van der Waals surface area contributed by atoms with Crippen molar-refractivity contribution in [2.24, 2.45) is 0 Å². The van der Waals surface area contributed by atoms with Crippen LogP contribution in [0.3, 0.4) is 0 Å². The van der Waals surface area contributed by atoms with Crippen LogP contribution in [0.5, 0.6) is 0 Å². The Balaban J connectivity index is 1.42. The monoisotopic (exact) mass is 346 g/mol. The molecule has 1 saturated carbocycles. The molecule has 1 aliphatic carbocycles. The fourth-order valence-corrected chi connectivity index (χ4v) is 4.25. The van der Waals surface area contributed by atoms with E-state index in [1.165, 1.54) is 38.5 Å². The fraction of sp³-hybridized carbons (Fsp3) is 0.789. The summed E-state index contributed by atoms with van der Waals surface area (Å²) < 4.78 is 11.7. The molecule has 3 aliphatic rings. The van der Waals surface area contributed by atoms with Crippen LogP contribution in [0.15, 0.2) is 6.07 Å². The molecule has 2 saturated heterocycles. The quantitative estimate of drug-likeness (QED) is 0.848. The average Bonchev–Trinajstić information content (AvgIpc) is 2.90. The molecule has 138 valence electrons. The first kappa shape index (κ1) is 17.0. The third kappa shape index (κ3) is 4.06. The lowest BCUT2D eigenvalue weighted by atomic mass is 10.0. The van der Waals surface area contributed by atoms with E-state index in [2.05, 4.69) is 28.2 Å². The number of piperidine rings is 1. The van der Waals surface area contributed by atoms with E-state index in [1.807, 2.05) is 0 Å². The molecule has 0 bridgehead atoms. The number of nitrogens with one attached hydrogen (secondary N) is 1. The second kappa shape index (κ2) is 7.46. The second-order valence-electron chi connectivity index (χ2n) is 7.62. The average molecular weight is 346 g/mol. The van der Waals surface area contributed by atoms with E-state index in [0.29, 0.717) is 6.04 Å². The van der Waals surface area contributed by atoms with Crippen molar-refractivity contribution in [2.45, 2.75) is 70.1 Å². The van der Waals surface area contributed by atoms with Crippen molar-refractivity contribution in [1.82, 2.24) is 9.97 Å². The van der Waals surface area contributed by atoms with E-state index < -0.39 is 0 Å². The predicted molar refractivity (Wildman–Crippen MR) is 98.0 cm³/mol. The van der Waals surface area contributed by atoms with Gasteiger partial charge in [-0.05, 0) is 19.8 Å². The molecule has 25 heavy (non-hydrogen) atoms. The number of aryl methyl sites for hydroxylation is 1. The van der Waals surface area contributed by atoms with Gasteiger partial charge >= 0.3 is 0 Å². The van der Waals surface area contributed by atoms with Gasteiger partial charge in [-0.1, -0.05) is 25.7 Å². The van der Waals surface area contributed by atoms with Gasteiger partial charge in [0.1, 0.15) is 5.82 Å². The van der Waals surface area contributed by atoms with Gasteiger partial charge in [0.05, 0.1) is 13.2 Å². The highest BCUT2D eigenvalue weighted by molar-refractivity contribution is 5.45. The Hall–Kier alpha value is -1.40. The Labute approximate surface area is 150 Å². The van der Waals surface area contributed by atoms with Crippen LogP contribution in [-0.2, 0) is 9.47 Å². The molecule has 0 unspecified atom stereocenters. The minimum Gasteiger partial charge on any atom is -0.356 e. The molecule has 0 aromatic carbocycles. The van der Waals surface area contributed by atoms with Gasteiger partial charge in [-0.25, -0.2) is 4.98 Å². The zero-order valence-corrected chi connectivity index (χ0v) is 15.3. The van der Waals surface area contributed by atoms with Crippen molar-refractivity contribution < 1.29 is 9.47 Å². The summed E-state index contributed by atoms with van der Waals surface area (Å²) in [5, 5.41) is 3.59. The Kier molecular flexibility index (Phi) is 5.08. The molecule has 3 heterocycles. The third-order valence-electron chi connectivity index (χ3n) is 5.69. The van der Waals surface area contributed by atoms with Gasteiger partial charge in [0.15, 0.2) is 5.79 Å². The van der Waals surface area contributed by atoms with E-state index in [4.69, 9.17) is 14.5 Å². The lowest BCUT2D eigenvalue weighted by Crippen LogP contribution is -2.45. The molecule has 0 atom stereocenters. The largest absolute Gasteiger partial charge is 0.356 e. The fourth-order valence-electron chi connectivity index (χ4n) is 4.25. The summed E-state index contributed by atoms with van der Waals surface area (Å²) in [6.45, 7) is 5.33. The summed E-state index contributed by atoms with van der Waals surface area (Å²) in [5.74, 6) is 1.48. The van der Waals surface area contributed by atoms with Gasteiger partial charge in [0.2, 0.25) is 5.95 Å². The number of hydrogen-bond acceptors (Lipinski definition) is 6. The molecular weight excluding hydrogens is 316 g/mol. The SMILES string of the molecule is Cc1cc(N2CCC3(CC2)OCCO3)nc(NC2CCCCCC2)n1. The lowest BCUT2D eigenvalue weighted by Gasteiger charge is -2.38. The smallest absolute Gasteiger partial charge is 0.225 e. The number of rotatable bonds is 3. The maximum Gasteiger partial charge on any atom is 0.225 e. The number of hydrogen-bond donors (Lipinski definition) is 1. The number of anilines is 2. The summed E-state index contributed by atoms with van der Waals surface area (Å²) in [4.78, 5) is 11.8. The normalized spacial score (nSPS) is 24.4. The minimum absolute atomic E-state index is 0.333. The van der Waals surface area contributed by atoms with Crippen LogP contribution >= 0.6 is 0 Å². The van der Waals surface area contributed by atoms with Gasteiger partial charge in [0.25, 0.3) is 0 Å². The molecule has 0 amide bonds. The molecule has 2 aliphatic heterocycles. The highest BCUT2D eigenvalue weighted by Crippen LogP contribution is 2.33. The first-order valence-corrected chi connectivity index (χ1v) is 9.88. The molecule has 0 radical (unpaired) electrons. The second-order valence-corrected chi connectivity index (χ2v) is 7.62. The summed E-state index contributed by atoms with van der Waals surface area (Å²) in [5.41, 5.74) is 1.02. The van der Waals surface area contributed by atoms with Crippen molar-refractivity contribution in [3.8, 4) is 0 Å². The van der Waals surface area contributed by atoms with Crippen molar-refractivity contribution in [3.63, 3.8) is 0 Å². The van der Waals surface area contributed by atoms with Crippen LogP contribution in [0.1, 0.15) is 57.1 Å². The van der Waals surface area contributed by atoms with E-state index in [1.54, 1.807) is 0 Å². The molecule has 3 fully saturated rings. The Morgan fingerprint density at radius 3 is 2.40 bits per heavy atom. The first-order valence-electron chi connectivity index (χ1n) is 9.88. The summed E-state index contributed by atoms with van der Waals surface area (Å²) >= 11 is 0. The van der Waals surface area contributed by atoms with Crippen molar-refractivity contribution in [1.29, 1.82) is 0 Å². The number of aromatic nitrogens is 2. The van der Waals surface area contributed by atoms with Crippen LogP contribution in [0.4, 0.5) is 11.8 Å². The van der Waals surface area contributed by atoms with E-state index in [-0.39, 0.29) is 5.79 Å². The number of ether oxygens (including phenoxy) is 2. The topological polar surface area (TPSA) is 59.5 Å². The van der Waals surface area contributed by atoms with Crippen LogP contribution in [0.2, 0.25) is 0 Å². The summed E-state index contributed by atoms with van der Waals surface area (Å²) in [6, 6.07) is 2.61. The highest BCUT2D eigenvalue weighted by Gasteiger charge is 2.40. The molecule has 1 spiro atoms. The first-order chi connectivity index (χ1) is 12.2. The maximum atomic E-state index is 5.83. The molecule has 6 heteroatoms. The zero-order chi connectivity index (χ0) is 17.1. The lowest BCUT2D eigenvalue weighted by molar-refractivity contribution is -0.169. The molecular formula is C19H30N4O2. The van der Waals surface area contributed by atoms with Crippen LogP contribution in [-0.4, -0.2) is 48.1 Å². The summed E-state index contributed by atoms with van der Waals surface area (Å²) in [6.07, 6.45) is 9.61. The van der Waals surface area contributed by atoms with Gasteiger partial charge < -0.3 is 19.7 Å². The van der Waals surface area contributed by atoms with Crippen LogP contribution in [0.25, 0.3) is 0 Å². The molecule has 1 N–H and O–H groups in total. The minimum atomic E-state index is -0.333. The van der Waals surface area contributed by atoms with Crippen molar-refractivity contribution in [3.05, 3.63) is 11.8 Å². The molecule has 6 nitrogen and oxygen atoms in total. The van der Waals surface area contributed by atoms with Gasteiger partial charge in [-0.2, -0.15) is 4.98 Å². The Morgan fingerprint density at radius 1 is 1.04 bits per heavy atom. The Bertz CT molecular complexity index is 571. The molecule has 1 aromatic rings. The predicted octanol–water partition coefficient (Wildman–Crippen LogP) is 3.26. The van der Waals surface area contributed by atoms with E-state index in [9.17, 15) is 0 Å². The molecule has 1 aromatic heterocycles. The van der Waals surface area contributed by atoms with Gasteiger partial charge in [-0.15, -0.1) is 0 Å².